The maximum atomic E-state index is 12.0. The third kappa shape index (κ3) is 5.80. The number of nitrogens with zero attached hydrogens (tertiary/aromatic N) is 1. The number of hydrogen-bond donors (Lipinski definition) is 2. The average Bonchev–Trinajstić information content (AvgIpc) is 2.80. The van der Waals surface area contributed by atoms with Crippen LogP contribution in [0.5, 0.6) is 0 Å². The Morgan fingerprint density at radius 2 is 1.75 bits per heavy atom. The fourth-order valence-electron chi connectivity index (χ4n) is 3.39. The summed E-state index contributed by atoms with van der Waals surface area (Å²) in [7, 11) is 0. The number of nitrogens with one attached hydrogen (secondary N) is 2. The van der Waals surface area contributed by atoms with E-state index in [1.165, 1.54) is 51.6 Å². The molecule has 1 atom stereocenters. The summed E-state index contributed by atoms with van der Waals surface area (Å²) in [6.07, 6.45) is 10.2. The van der Waals surface area contributed by atoms with Crippen molar-refractivity contribution in [3.63, 3.8) is 0 Å². The molecule has 0 spiro atoms. The lowest BCUT2D eigenvalue weighted by atomic mass is 10.1. The summed E-state index contributed by atoms with van der Waals surface area (Å²) in [5, 5.41) is 6.55. The minimum Gasteiger partial charge on any atom is -0.352 e. The van der Waals surface area contributed by atoms with Crippen molar-refractivity contribution in [2.45, 2.75) is 70.4 Å². The van der Waals surface area contributed by atoms with E-state index >= 15 is 0 Å². The average molecular weight is 281 g/mol. The smallest absolute Gasteiger partial charge is 0.234 e. The molecule has 4 heteroatoms. The second-order valence-electron chi connectivity index (χ2n) is 6.55. The quantitative estimate of drug-likeness (QED) is 0.731. The largest absolute Gasteiger partial charge is 0.352 e. The van der Waals surface area contributed by atoms with Crippen LogP contribution >= 0.6 is 0 Å². The molecule has 0 aromatic carbocycles. The van der Waals surface area contributed by atoms with E-state index in [0.29, 0.717) is 18.6 Å². The summed E-state index contributed by atoms with van der Waals surface area (Å²) in [6, 6.07) is 0.814. The molecule has 2 N–H and O–H groups in total. The van der Waals surface area contributed by atoms with Crippen LogP contribution in [0.4, 0.5) is 0 Å². The predicted molar refractivity (Wildman–Crippen MR) is 82.8 cm³/mol. The van der Waals surface area contributed by atoms with E-state index in [0.717, 1.165) is 19.4 Å². The second kappa shape index (κ2) is 8.63. The number of carbonyl (C=O) groups is 1. The van der Waals surface area contributed by atoms with Gasteiger partial charge in [0.2, 0.25) is 5.91 Å². The summed E-state index contributed by atoms with van der Waals surface area (Å²) in [6.45, 7) is 6.15. The summed E-state index contributed by atoms with van der Waals surface area (Å²) in [4.78, 5) is 14.5. The molecule has 20 heavy (non-hydrogen) atoms. The number of likely N-dealkylation sites (tertiary alicyclic amines) is 1. The van der Waals surface area contributed by atoms with Gasteiger partial charge >= 0.3 is 0 Å². The molecular weight excluding hydrogens is 250 g/mol. The van der Waals surface area contributed by atoms with Crippen molar-refractivity contribution in [3.05, 3.63) is 0 Å². The molecule has 0 aromatic heterocycles. The molecule has 1 aliphatic carbocycles. The maximum absolute atomic E-state index is 12.0. The van der Waals surface area contributed by atoms with Crippen LogP contribution in [-0.4, -0.2) is 49.1 Å². The molecule has 116 valence electrons. The first-order chi connectivity index (χ1) is 9.74. The highest BCUT2D eigenvalue weighted by atomic mass is 16.1. The molecular formula is C16H31N3O. The van der Waals surface area contributed by atoms with Crippen molar-refractivity contribution in [1.29, 1.82) is 0 Å². The molecule has 0 bridgehead atoms. The number of rotatable bonds is 6. The van der Waals surface area contributed by atoms with Gasteiger partial charge in [0.1, 0.15) is 0 Å². The molecule has 2 fully saturated rings. The highest BCUT2D eigenvalue weighted by molar-refractivity contribution is 5.78. The Morgan fingerprint density at radius 1 is 1.10 bits per heavy atom. The first-order valence-electron chi connectivity index (χ1n) is 8.49. The van der Waals surface area contributed by atoms with E-state index in [9.17, 15) is 4.79 Å². The molecule has 4 nitrogen and oxygen atoms in total. The van der Waals surface area contributed by atoms with Gasteiger partial charge in [0.15, 0.2) is 0 Å². The van der Waals surface area contributed by atoms with Crippen LogP contribution in [0.25, 0.3) is 0 Å². The van der Waals surface area contributed by atoms with Crippen LogP contribution < -0.4 is 10.6 Å². The predicted octanol–water partition coefficient (Wildman–Crippen LogP) is 1.90. The first kappa shape index (κ1) is 15.8. The number of hydrogen-bond acceptors (Lipinski definition) is 3. The van der Waals surface area contributed by atoms with Crippen LogP contribution in [0.1, 0.15) is 58.3 Å². The van der Waals surface area contributed by atoms with Gasteiger partial charge in [0.05, 0.1) is 6.54 Å². The zero-order chi connectivity index (χ0) is 14.2. The van der Waals surface area contributed by atoms with Crippen molar-refractivity contribution in [2.75, 3.05) is 26.2 Å². The van der Waals surface area contributed by atoms with E-state index in [1.54, 1.807) is 0 Å². The van der Waals surface area contributed by atoms with Gasteiger partial charge in [-0.1, -0.05) is 25.7 Å². The molecule has 1 amide bonds. The lowest BCUT2D eigenvalue weighted by molar-refractivity contribution is -0.121. The van der Waals surface area contributed by atoms with E-state index in [1.807, 2.05) is 0 Å². The van der Waals surface area contributed by atoms with Gasteiger partial charge in [-0.25, -0.2) is 0 Å². The van der Waals surface area contributed by atoms with Crippen LogP contribution in [0.3, 0.4) is 0 Å². The van der Waals surface area contributed by atoms with E-state index < -0.39 is 0 Å². The van der Waals surface area contributed by atoms with Crippen molar-refractivity contribution < 1.29 is 4.79 Å². The number of amides is 1. The number of carbonyl (C=O) groups excluding carboxylic acids is 1. The fourth-order valence-corrected chi connectivity index (χ4v) is 3.39. The molecule has 0 radical (unpaired) electrons. The molecule has 2 aliphatic rings. The van der Waals surface area contributed by atoms with Gasteiger partial charge in [-0.05, 0) is 45.7 Å². The minimum absolute atomic E-state index is 0.171. The third-order valence-electron chi connectivity index (χ3n) is 4.56. The Morgan fingerprint density at radius 3 is 2.40 bits per heavy atom. The molecule has 2 rings (SSSR count). The molecule has 1 heterocycles. The van der Waals surface area contributed by atoms with E-state index in [-0.39, 0.29) is 5.91 Å². The highest BCUT2D eigenvalue weighted by Crippen LogP contribution is 2.16. The fraction of sp³-hybridized carbons (Fsp3) is 0.938. The van der Waals surface area contributed by atoms with Crippen LogP contribution in [-0.2, 0) is 4.79 Å². The molecule has 1 saturated heterocycles. The van der Waals surface area contributed by atoms with Crippen molar-refractivity contribution in [2.24, 2.45) is 0 Å². The Labute approximate surface area is 123 Å². The Kier molecular flexibility index (Phi) is 6.80. The third-order valence-corrected chi connectivity index (χ3v) is 4.56. The summed E-state index contributed by atoms with van der Waals surface area (Å²) < 4.78 is 0. The Hall–Kier alpha value is -0.610. The second-order valence-corrected chi connectivity index (χ2v) is 6.55. The van der Waals surface area contributed by atoms with Crippen LogP contribution in [0.15, 0.2) is 0 Å². The first-order valence-corrected chi connectivity index (χ1v) is 8.49. The summed E-state index contributed by atoms with van der Waals surface area (Å²) in [5.41, 5.74) is 0. The van der Waals surface area contributed by atoms with Gasteiger partial charge in [0.25, 0.3) is 0 Å². The van der Waals surface area contributed by atoms with Gasteiger partial charge in [-0.3, -0.25) is 4.79 Å². The maximum Gasteiger partial charge on any atom is 0.234 e. The normalized spacial score (nSPS) is 23.4. The Balaban J connectivity index is 1.58. The van der Waals surface area contributed by atoms with Gasteiger partial charge < -0.3 is 15.5 Å². The van der Waals surface area contributed by atoms with Gasteiger partial charge in [-0.2, -0.15) is 0 Å². The summed E-state index contributed by atoms with van der Waals surface area (Å²) >= 11 is 0. The monoisotopic (exact) mass is 281 g/mol. The van der Waals surface area contributed by atoms with Crippen LogP contribution in [0, 0.1) is 0 Å². The molecule has 0 aromatic rings. The van der Waals surface area contributed by atoms with Crippen molar-refractivity contribution in [1.82, 2.24) is 15.5 Å². The van der Waals surface area contributed by atoms with Crippen LogP contribution in [0.2, 0.25) is 0 Å². The standard InChI is InChI=1S/C16H31N3O/c1-14(13-19-10-6-7-11-19)17-12-16(20)18-15-8-4-2-3-5-9-15/h14-15,17H,2-13H2,1H3,(H,18,20). The van der Waals surface area contributed by atoms with E-state index in [2.05, 4.69) is 22.5 Å². The molecule has 1 aliphatic heterocycles. The zero-order valence-electron chi connectivity index (χ0n) is 13.0. The van der Waals surface area contributed by atoms with Crippen molar-refractivity contribution in [3.8, 4) is 0 Å². The van der Waals surface area contributed by atoms with Gasteiger partial charge in [0, 0.05) is 18.6 Å². The topological polar surface area (TPSA) is 44.4 Å². The molecule has 1 saturated carbocycles. The van der Waals surface area contributed by atoms with E-state index in [4.69, 9.17) is 0 Å². The zero-order valence-corrected chi connectivity index (χ0v) is 13.0. The lowest BCUT2D eigenvalue weighted by Crippen LogP contribution is -2.45. The highest BCUT2D eigenvalue weighted by Gasteiger charge is 2.17. The molecule has 1 unspecified atom stereocenters. The summed E-state index contributed by atoms with van der Waals surface area (Å²) in [5.74, 6) is 0.171. The minimum atomic E-state index is 0.171. The Bertz CT molecular complexity index is 281. The SMILES string of the molecule is CC(CN1CCCC1)NCC(=O)NC1CCCCCC1. The lowest BCUT2D eigenvalue weighted by Gasteiger charge is -2.22. The van der Waals surface area contributed by atoms with Crippen molar-refractivity contribution >= 4 is 5.91 Å². The van der Waals surface area contributed by atoms with Gasteiger partial charge in [-0.15, -0.1) is 0 Å².